The van der Waals surface area contributed by atoms with Gasteiger partial charge in [-0.25, -0.2) is 0 Å². The average molecular weight is 934 g/mol. The third-order valence-electron chi connectivity index (χ3n) is 9.93. The Labute approximate surface area is 386 Å². The SMILES string of the molecule is CCCCOCCOCCOCCCCC(=O)CC(=O)NCCCOc1ccc(C[C@H]2NC(=O)[C@H](CC(=O)O)NC(=O)CNC(=O)[C@H](CCCN=C(N)N)NC(=O)[C@H](C(C)C)NC2=O)cc1. The van der Waals surface area contributed by atoms with Gasteiger partial charge in [0.25, 0.3) is 0 Å². The molecule has 0 spiro atoms. The molecule has 0 radical (unpaired) electrons. The molecule has 1 aromatic rings. The van der Waals surface area contributed by atoms with E-state index in [0.717, 1.165) is 19.4 Å². The number of ketones is 1. The van der Waals surface area contributed by atoms with E-state index in [9.17, 15) is 43.5 Å². The molecular weight excluding hydrogens is 863 g/mol. The van der Waals surface area contributed by atoms with Crippen molar-refractivity contribution in [3.8, 4) is 5.75 Å². The Morgan fingerprint density at radius 1 is 0.758 bits per heavy atom. The highest BCUT2D eigenvalue weighted by atomic mass is 16.5. The smallest absolute Gasteiger partial charge is 0.305 e. The molecule has 1 saturated heterocycles. The van der Waals surface area contributed by atoms with Crippen molar-refractivity contribution in [3.63, 3.8) is 0 Å². The van der Waals surface area contributed by atoms with E-state index in [2.05, 4.69) is 43.8 Å². The minimum absolute atomic E-state index is 0.0593. The highest BCUT2D eigenvalue weighted by molar-refractivity contribution is 5.99. The number of guanidine groups is 1. The summed E-state index contributed by atoms with van der Waals surface area (Å²) in [5.74, 6) is -6.22. The number of nitrogens with one attached hydrogen (secondary N) is 6. The van der Waals surface area contributed by atoms with Crippen LogP contribution in [0.5, 0.6) is 5.75 Å². The molecule has 4 atom stereocenters. The number of nitrogens with two attached hydrogens (primary N) is 2. The van der Waals surface area contributed by atoms with Crippen molar-refractivity contribution in [2.75, 3.05) is 65.9 Å². The first-order valence-corrected chi connectivity index (χ1v) is 22.6. The van der Waals surface area contributed by atoms with Gasteiger partial charge < -0.3 is 67.4 Å². The van der Waals surface area contributed by atoms with Crippen LogP contribution in [0.3, 0.4) is 0 Å². The summed E-state index contributed by atoms with van der Waals surface area (Å²) in [4.78, 5) is 107. The summed E-state index contributed by atoms with van der Waals surface area (Å²) in [5, 5.41) is 24.8. The average Bonchev–Trinajstić information content (AvgIpc) is 3.26. The number of amides is 6. The predicted octanol–water partition coefficient (Wildman–Crippen LogP) is -0.653. The molecule has 1 fully saturated rings. The fourth-order valence-corrected chi connectivity index (χ4v) is 6.32. The zero-order valence-electron chi connectivity index (χ0n) is 38.5. The van der Waals surface area contributed by atoms with Gasteiger partial charge in [0.15, 0.2) is 5.96 Å². The molecule has 0 unspecified atom stereocenters. The summed E-state index contributed by atoms with van der Waals surface area (Å²) in [6.07, 6.45) is 3.34. The van der Waals surface area contributed by atoms with Crippen LogP contribution in [0.25, 0.3) is 0 Å². The Morgan fingerprint density at radius 3 is 2.03 bits per heavy atom. The standard InChI is InChI=1S/C44H71N9O13/c1-4-5-18-63-21-23-65-24-22-64-19-7-6-10-31(54)26-36(55)47-17-9-20-66-32-14-12-30(13-15-32)25-34-42(61)53-39(29(2)3)43(62)51-33(11-8-16-48-44(45)46)40(59)49-28-37(56)50-35(27-38(57)58)41(60)52-34/h12-15,29,33-35,39H,4-11,16-28H2,1-3H3,(H,47,55)(H,49,59)(H,50,56)(H,51,62)(H,52,60)(H,53,61)(H,57,58)(H4,45,46,48)/t33-,34+,35-,39-/m0/s1. The third-order valence-corrected chi connectivity index (χ3v) is 9.93. The maximum Gasteiger partial charge on any atom is 0.305 e. The summed E-state index contributed by atoms with van der Waals surface area (Å²) < 4.78 is 22.2. The first-order valence-electron chi connectivity index (χ1n) is 22.6. The van der Waals surface area contributed by atoms with Crippen LogP contribution < -0.4 is 48.1 Å². The Balaban J connectivity index is 1.93. The lowest BCUT2D eigenvalue weighted by molar-refractivity contribution is -0.141. The highest BCUT2D eigenvalue weighted by Gasteiger charge is 2.34. The molecular formula is C44H71N9O13. The summed E-state index contributed by atoms with van der Waals surface area (Å²) in [6.45, 7) is 8.75. The molecule has 0 aromatic heterocycles. The molecule has 1 aliphatic rings. The first-order chi connectivity index (χ1) is 31.6. The van der Waals surface area contributed by atoms with Crippen LogP contribution in [0.2, 0.25) is 0 Å². The highest BCUT2D eigenvalue weighted by Crippen LogP contribution is 2.15. The fourth-order valence-electron chi connectivity index (χ4n) is 6.32. The molecule has 22 nitrogen and oxygen atoms in total. The van der Waals surface area contributed by atoms with Gasteiger partial charge in [0, 0.05) is 39.1 Å². The number of aliphatic imine (C=N–C) groups is 1. The van der Waals surface area contributed by atoms with Crippen molar-refractivity contribution in [2.24, 2.45) is 22.4 Å². The maximum atomic E-state index is 13.9. The van der Waals surface area contributed by atoms with E-state index in [-0.39, 0.29) is 69.5 Å². The number of hydrogen-bond donors (Lipinski definition) is 9. The zero-order valence-corrected chi connectivity index (χ0v) is 38.5. The van der Waals surface area contributed by atoms with Gasteiger partial charge in [-0.15, -0.1) is 0 Å². The van der Waals surface area contributed by atoms with E-state index in [1.165, 1.54) is 0 Å². The largest absolute Gasteiger partial charge is 0.494 e. The minimum Gasteiger partial charge on any atom is -0.494 e. The van der Waals surface area contributed by atoms with Crippen LogP contribution >= 0.6 is 0 Å². The number of carbonyl (C=O) groups excluding carboxylic acids is 7. The Kier molecular flexibility index (Phi) is 27.9. The quantitative estimate of drug-likeness (QED) is 0.0200. The molecule has 1 aromatic carbocycles. The summed E-state index contributed by atoms with van der Waals surface area (Å²) in [7, 11) is 0. The lowest BCUT2D eigenvalue weighted by atomic mass is 9.99. The lowest BCUT2D eigenvalue weighted by Gasteiger charge is -2.27. The Bertz CT molecular complexity index is 1730. The number of unbranched alkanes of at least 4 members (excludes halogenated alkanes) is 2. The van der Waals surface area contributed by atoms with Crippen molar-refractivity contribution in [3.05, 3.63) is 29.8 Å². The molecule has 1 heterocycles. The van der Waals surface area contributed by atoms with Gasteiger partial charge in [0.1, 0.15) is 35.7 Å². The van der Waals surface area contributed by atoms with Crippen molar-refractivity contribution in [1.82, 2.24) is 31.9 Å². The molecule has 6 amide bonds. The Hall–Kier alpha value is -5.87. The number of carboxylic acids is 1. The van der Waals surface area contributed by atoms with E-state index < -0.39 is 78.6 Å². The maximum absolute atomic E-state index is 13.9. The second-order valence-corrected chi connectivity index (χ2v) is 16.0. The summed E-state index contributed by atoms with van der Waals surface area (Å²) >= 11 is 0. The molecule has 2 rings (SSSR count). The molecule has 370 valence electrons. The van der Waals surface area contributed by atoms with E-state index >= 15 is 0 Å². The second-order valence-electron chi connectivity index (χ2n) is 16.0. The van der Waals surface area contributed by atoms with E-state index in [1.807, 2.05) is 0 Å². The van der Waals surface area contributed by atoms with E-state index in [1.54, 1.807) is 38.1 Å². The number of rotatable bonds is 30. The van der Waals surface area contributed by atoms with E-state index in [4.69, 9.17) is 30.4 Å². The van der Waals surface area contributed by atoms with Crippen LogP contribution in [0, 0.1) is 5.92 Å². The van der Waals surface area contributed by atoms with Gasteiger partial charge >= 0.3 is 5.97 Å². The molecule has 66 heavy (non-hydrogen) atoms. The number of nitrogens with zero attached hydrogens (tertiary/aromatic N) is 1. The second kappa shape index (κ2) is 32.7. The van der Waals surface area contributed by atoms with Crippen molar-refractivity contribution in [2.45, 2.75) is 116 Å². The molecule has 0 aliphatic carbocycles. The number of hydrogen-bond acceptors (Lipinski definition) is 13. The van der Waals surface area contributed by atoms with Crippen LogP contribution in [0.1, 0.15) is 90.5 Å². The monoisotopic (exact) mass is 934 g/mol. The number of Topliss-reactive ketones (excluding diaryl/α,β-unsaturated/α-hetero) is 1. The van der Waals surface area contributed by atoms with Crippen molar-refractivity contribution in [1.29, 1.82) is 0 Å². The molecule has 11 N–H and O–H groups in total. The first kappa shape index (κ1) is 56.3. The molecule has 22 heteroatoms. The third kappa shape index (κ3) is 25.0. The summed E-state index contributed by atoms with van der Waals surface area (Å²) in [6, 6.07) is 1.26. The lowest BCUT2D eigenvalue weighted by Crippen LogP contribution is -2.59. The van der Waals surface area contributed by atoms with Gasteiger partial charge in [0.2, 0.25) is 35.4 Å². The number of ether oxygens (including phenoxy) is 4. The van der Waals surface area contributed by atoms with Crippen molar-refractivity contribution < 1.29 is 62.4 Å². The van der Waals surface area contributed by atoms with Crippen LogP contribution in [-0.4, -0.2) is 148 Å². The number of benzene rings is 1. The zero-order chi connectivity index (χ0) is 48.7. The van der Waals surface area contributed by atoms with E-state index in [0.29, 0.717) is 63.6 Å². The van der Waals surface area contributed by atoms with Gasteiger partial charge in [-0.2, -0.15) is 0 Å². The fraction of sp³-hybridized carbons (Fsp3) is 0.659. The van der Waals surface area contributed by atoms with Gasteiger partial charge in [0.05, 0.1) is 52.4 Å². The molecule has 0 bridgehead atoms. The number of carboxylic acid groups (broad SMARTS) is 1. The molecule has 0 saturated carbocycles. The topological polar surface area (TPSA) is 330 Å². The minimum atomic E-state index is -1.62. The number of aliphatic carboxylic acids is 1. The van der Waals surface area contributed by atoms with Crippen LogP contribution in [-0.2, 0) is 59.0 Å². The predicted molar refractivity (Wildman–Crippen MR) is 242 cm³/mol. The summed E-state index contributed by atoms with van der Waals surface area (Å²) in [5.41, 5.74) is 11.3. The van der Waals surface area contributed by atoms with Gasteiger partial charge in [-0.3, -0.25) is 43.3 Å². The van der Waals surface area contributed by atoms with Crippen molar-refractivity contribution >= 4 is 53.2 Å². The van der Waals surface area contributed by atoms with Crippen LogP contribution in [0.4, 0.5) is 0 Å². The number of carbonyl (C=O) groups is 8. The molecule has 1 aliphatic heterocycles. The van der Waals surface area contributed by atoms with Gasteiger partial charge in [-0.1, -0.05) is 39.3 Å². The van der Waals surface area contributed by atoms with Gasteiger partial charge in [-0.05, 0) is 62.1 Å². The van der Waals surface area contributed by atoms with Crippen LogP contribution in [0.15, 0.2) is 29.3 Å². The Morgan fingerprint density at radius 2 is 1.39 bits per heavy atom. The normalized spacial score (nSPS) is 18.4.